The quantitative estimate of drug-likeness (QED) is 0.713. The van der Waals surface area contributed by atoms with Gasteiger partial charge in [0.15, 0.2) is 0 Å². The highest BCUT2D eigenvalue weighted by molar-refractivity contribution is 9.11. The van der Waals surface area contributed by atoms with E-state index in [1.54, 1.807) is 17.5 Å². The van der Waals surface area contributed by atoms with E-state index in [1.165, 1.54) is 4.88 Å². The van der Waals surface area contributed by atoms with E-state index in [0.717, 1.165) is 14.6 Å². The number of hydrogen-bond donors (Lipinski definition) is 0. The smallest absolute Gasteiger partial charge is 0.114 e. The Hall–Kier alpha value is -0.190. The van der Waals surface area contributed by atoms with Crippen molar-refractivity contribution < 1.29 is 0 Å². The molecule has 0 amide bonds. The Bertz CT molecular complexity index is 412. The van der Waals surface area contributed by atoms with Gasteiger partial charge in [0.2, 0.25) is 0 Å². The van der Waals surface area contributed by atoms with E-state index in [2.05, 4.69) is 54.4 Å². The zero-order valence-corrected chi connectivity index (χ0v) is 10.5. The summed E-state index contributed by atoms with van der Waals surface area (Å²) in [5.41, 5.74) is 1.13. The third-order valence-corrected chi connectivity index (χ3v) is 3.56. The molecule has 0 unspecified atom stereocenters. The third kappa shape index (κ3) is 2.00. The molecule has 2 aromatic heterocycles. The standard InChI is InChI=1S/C9H5Br2NS/c10-6-4-7(9(11)12-5-6)8-2-1-3-13-8/h1-5H. The van der Waals surface area contributed by atoms with Crippen LogP contribution in [0.15, 0.2) is 38.9 Å². The van der Waals surface area contributed by atoms with Crippen molar-refractivity contribution in [3.05, 3.63) is 38.9 Å². The van der Waals surface area contributed by atoms with E-state index in [9.17, 15) is 0 Å². The molecule has 0 atom stereocenters. The Balaban J connectivity index is 2.57. The van der Waals surface area contributed by atoms with E-state index in [4.69, 9.17) is 0 Å². The van der Waals surface area contributed by atoms with E-state index < -0.39 is 0 Å². The van der Waals surface area contributed by atoms with Crippen molar-refractivity contribution in [1.82, 2.24) is 4.98 Å². The molecule has 0 aliphatic carbocycles. The summed E-state index contributed by atoms with van der Waals surface area (Å²) < 4.78 is 1.89. The zero-order valence-electron chi connectivity index (χ0n) is 6.50. The van der Waals surface area contributed by atoms with Gasteiger partial charge in [0.25, 0.3) is 0 Å². The number of nitrogens with zero attached hydrogens (tertiary/aromatic N) is 1. The summed E-state index contributed by atoms with van der Waals surface area (Å²) in [5.74, 6) is 0. The van der Waals surface area contributed by atoms with Crippen LogP contribution in [0.3, 0.4) is 0 Å². The monoisotopic (exact) mass is 317 g/mol. The molecule has 13 heavy (non-hydrogen) atoms. The molecule has 2 aromatic rings. The maximum Gasteiger partial charge on any atom is 0.114 e. The number of thiophene rings is 1. The molecule has 1 nitrogen and oxygen atoms in total. The van der Waals surface area contributed by atoms with Gasteiger partial charge in [-0.2, -0.15) is 0 Å². The Morgan fingerprint density at radius 3 is 2.85 bits per heavy atom. The van der Waals surface area contributed by atoms with Crippen LogP contribution >= 0.6 is 43.2 Å². The van der Waals surface area contributed by atoms with Crippen LogP contribution in [0, 0.1) is 0 Å². The van der Waals surface area contributed by atoms with Gasteiger partial charge in [-0.05, 0) is 49.4 Å². The molecule has 0 saturated heterocycles. The average molecular weight is 319 g/mol. The molecule has 0 bridgehead atoms. The van der Waals surface area contributed by atoms with Crippen molar-refractivity contribution in [2.45, 2.75) is 0 Å². The normalized spacial score (nSPS) is 10.3. The second-order valence-corrected chi connectivity index (χ2v) is 5.08. The minimum absolute atomic E-state index is 0.887. The maximum absolute atomic E-state index is 4.21. The molecular formula is C9H5Br2NS. The molecule has 2 rings (SSSR count). The van der Waals surface area contributed by atoms with Gasteiger partial charge >= 0.3 is 0 Å². The number of rotatable bonds is 1. The molecule has 0 spiro atoms. The molecule has 0 aliphatic rings. The van der Waals surface area contributed by atoms with Crippen LogP contribution in [-0.2, 0) is 0 Å². The predicted octanol–water partition coefficient (Wildman–Crippen LogP) is 4.34. The first-order valence-corrected chi connectivity index (χ1v) is 6.09. The van der Waals surface area contributed by atoms with Gasteiger partial charge in [-0.3, -0.25) is 0 Å². The molecule has 0 radical (unpaired) electrons. The van der Waals surface area contributed by atoms with E-state index in [0.29, 0.717) is 0 Å². The van der Waals surface area contributed by atoms with Crippen LogP contribution in [0.2, 0.25) is 0 Å². The molecule has 0 aliphatic heterocycles. The number of aromatic nitrogens is 1. The molecule has 4 heteroatoms. The number of pyridine rings is 1. The Morgan fingerprint density at radius 1 is 1.31 bits per heavy atom. The third-order valence-electron chi connectivity index (χ3n) is 1.59. The van der Waals surface area contributed by atoms with Gasteiger partial charge in [-0.15, -0.1) is 11.3 Å². The molecule has 0 fully saturated rings. The lowest BCUT2D eigenvalue weighted by molar-refractivity contribution is 1.27. The second kappa shape index (κ2) is 3.90. The van der Waals surface area contributed by atoms with Crippen LogP contribution in [0.25, 0.3) is 10.4 Å². The molecule has 2 heterocycles. The minimum Gasteiger partial charge on any atom is -0.248 e. The van der Waals surface area contributed by atoms with Crippen molar-refractivity contribution in [3.8, 4) is 10.4 Å². The fourth-order valence-corrected chi connectivity index (χ4v) is 2.66. The van der Waals surface area contributed by atoms with E-state index in [1.807, 2.05) is 6.07 Å². The highest BCUT2D eigenvalue weighted by Crippen LogP contribution is 2.31. The van der Waals surface area contributed by atoms with Crippen LogP contribution in [0.5, 0.6) is 0 Å². The topological polar surface area (TPSA) is 12.9 Å². The van der Waals surface area contributed by atoms with Gasteiger partial charge in [-0.1, -0.05) is 6.07 Å². The summed E-state index contributed by atoms with van der Waals surface area (Å²) in [6.07, 6.45) is 1.78. The molecular weight excluding hydrogens is 314 g/mol. The first-order valence-electron chi connectivity index (χ1n) is 3.62. The van der Waals surface area contributed by atoms with Crippen LogP contribution in [-0.4, -0.2) is 4.98 Å². The Labute approximate surface area is 97.1 Å². The number of halogens is 2. The fraction of sp³-hybridized carbons (Fsp3) is 0. The van der Waals surface area contributed by atoms with Gasteiger partial charge in [-0.25, -0.2) is 4.98 Å². The van der Waals surface area contributed by atoms with Crippen LogP contribution in [0.4, 0.5) is 0 Å². The van der Waals surface area contributed by atoms with Gasteiger partial charge < -0.3 is 0 Å². The lowest BCUT2D eigenvalue weighted by Crippen LogP contribution is -1.80. The summed E-state index contributed by atoms with van der Waals surface area (Å²) in [7, 11) is 0. The lowest BCUT2D eigenvalue weighted by Gasteiger charge is -2.00. The molecule has 66 valence electrons. The largest absolute Gasteiger partial charge is 0.248 e. The summed E-state index contributed by atoms with van der Waals surface area (Å²) in [5, 5.41) is 2.06. The van der Waals surface area contributed by atoms with Crippen LogP contribution < -0.4 is 0 Å². The van der Waals surface area contributed by atoms with E-state index >= 15 is 0 Å². The predicted molar refractivity (Wildman–Crippen MR) is 63.0 cm³/mol. The highest BCUT2D eigenvalue weighted by Gasteiger charge is 2.05. The first-order chi connectivity index (χ1) is 6.27. The molecule has 0 N–H and O–H groups in total. The zero-order chi connectivity index (χ0) is 9.26. The molecule has 0 saturated carbocycles. The first kappa shape index (κ1) is 9.37. The fourth-order valence-electron chi connectivity index (χ4n) is 1.03. The maximum atomic E-state index is 4.21. The second-order valence-electron chi connectivity index (χ2n) is 2.47. The van der Waals surface area contributed by atoms with Crippen molar-refractivity contribution in [2.75, 3.05) is 0 Å². The summed E-state index contributed by atoms with van der Waals surface area (Å²) >= 11 is 8.54. The SMILES string of the molecule is Brc1cnc(Br)c(-c2cccs2)c1. The summed E-state index contributed by atoms with van der Waals surface area (Å²) in [6.45, 7) is 0. The van der Waals surface area contributed by atoms with Crippen LogP contribution in [0.1, 0.15) is 0 Å². The lowest BCUT2D eigenvalue weighted by atomic mass is 10.2. The van der Waals surface area contributed by atoms with Gasteiger partial charge in [0, 0.05) is 21.1 Å². The Morgan fingerprint density at radius 2 is 2.15 bits per heavy atom. The molecule has 0 aromatic carbocycles. The van der Waals surface area contributed by atoms with E-state index in [-0.39, 0.29) is 0 Å². The van der Waals surface area contributed by atoms with Crippen molar-refractivity contribution in [3.63, 3.8) is 0 Å². The number of hydrogen-bond acceptors (Lipinski definition) is 2. The average Bonchev–Trinajstić information content (AvgIpc) is 2.61. The Kier molecular flexibility index (Phi) is 2.81. The van der Waals surface area contributed by atoms with Crippen molar-refractivity contribution in [2.24, 2.45) is 0 Å². The van der Waals surface area contributed by atoms with Gasteiger partial charge in [0.05, 0.1) is 0 Å². The van der Waals surface area contributed by atoms with Gasteiger partial charge in [0.1, 0.15) is 4.60 Å². The highest BCUT2D eigenvalue weighted by atomic mass is 79.9. The summed E-state index contributed by atoms with van der Waals surface area (Å²) in [6, 6.07) is 6.18. The van der Waals surface area contributed by atoms with Crippen molar-refractivity contribution in [1.29, 1.82) is 0 Å². The summed E-state index contributed by atoms with van der Waals surface area (Å²) in [4.78, 5) is 5.43. The minimum atomic E-state index is 0.887. The van der Waals surface area contributed by atoms with Crippen molar-refractivity contribution >= 4 is 43.2 Å².